The standard InChI is InChI=1S/C22H23F2N3O4/c23-18-7-6-16(12-19(18)24)26-22(30)21(29)25-13-15-8-10-27(11-9-15)20(28)14-31-17-4-2-1-3-5-17/h1-7,12,15H,8-11,13-14H2,(H,25,29)(H,26,30). The Morgan fingerprint density at radius 3 is 2.35 bits per heavy atom. The van der Waals surface area contributed by atoms with Crippen LogP contribution in [0.15, 0.2) is 48.5 Å². The highest BCUT2D eigenvalue weighted by Crippen LogP contribution is 2.17. The molecule has 1 heterocycles. The van der Waals surface area contributed by atoms with Gasteiger partial charge in [-0.05, 0) is 43.0 Å². The van der Waals surface area contributed by atoms with Crippen LogP contribution in [0.4, 0.5) is 14.5 Å². The number of hydrogen-bond donors (Lipinski definition) is 2. The van der Waals surface area contributed by atoms with E-state index in [1.165, 1.54) is 0 Å². The van der Waals surface area contributed by atoms with Crippen molar-refractivity contribution in [3.05, 3.63) is 60.2 Å². The van der Waals surface area contributed by atoms with Gasteiger partial charge in [0.1, 0.15) is 5.75 Å². The third-order valence-electron chi connectivity index (χ3n) is 5.01. The second kappa shape index (κ2) is 10.5. The fraction of sp³-hybridized carbons (Fsp3) is 0.318. The molecule has 164 valence electrons. The Kier molecular flexibility index (Phi) is 7.53. The fourth-order valence-corrected chi connectivity index (χ4v) is 3.22. The lowest BCUT2D eigenvalue weighted by Gasteiger charge is -2.32. The van der Waals surface area contributed by atoms with E-state index in [1.807, 2.05) is 18.2 Å². The number of nitrogens with zero attached hydrogens (tertiary/aromatic N) is 1. The van der Waals surface area contributed by atoms with E-state index in [4.69, 9.17) is 4.74 Å². The van der Waals surface area contributed by atoms with Gasteiger partial charge in [0, 0.05) is 31.4 Å². The molecule has 7 nitrogen and oxygen atoms in total. The topological polar surface area (TPSA) is 87.7 Å². The summed E-state index contributed by atoms with van der Waals surface area (Å²) in [6.45, 7) is 1.33. The van der Waals surface area contributed by atoms with Crippen LogP contribution in [0, 0.1) is 17.6 Å². The lowest BCUT2D eigenvalue weighted by molar-refractivity contribution is -0.136. The number of carbonyl (C=O) groups is 3. The molecular formula is C22H23F2N3O4. The molecule has 1 saturated heterocycles. The minimum atomic E-state index is -1.12. The number of hydrogen-bond acceptors (Lipinski definition) is 4. The number of rotatable bonds is 6. The molecule has 1 aliphatic rings. The van der Waals surface area contributed by atoms with Crippen LogP contribution in [-0.4, -0.2) is 48.9 Å². The Bertz CT molecular complexity index is 932. The molecule has 0 radical (unpaired) electrons. The second-order valence-corrected chi connectivity index (χ2v) is 7.22. The van der Waals surface area contributed by atoms with Crippen molar-refractivity contribution in [1.82, 2.24) is 10.2 Å². The number of para-hydroxylation sites is 1. The van der Waals surface area contributed by atoms with E-state index in [9.17, 15) is 23.2 Å². The van der Waals surface area contributed by atoms with Gasteiger partial charge >= 0.3 is 11.8 Å². The summed E-state index contributed by atoms with van der Waals surface area (Å²) in [5, 5.41) is 4.76. The van der Waals surface area contributed by atoms with Crippen molar-refractivity contribution in [2.75, 3.05) is 31.6 Å². The molecule has 9 heteroatoms. The number of likely N-dealkylation sites (tertiary alicyclic amines) is 1. The van der Waals surface area contributed by atoms with E-state index < -0.39 is 23.4 Å². The first kappa shape index (κ1) is 22.2. The molecule has 2 aromatic rings. The summed E-state index contributed by atoms with van der Waals surface area (Å²) >= 11 is 0. The Hall–Kier alpha value is -3.49. The average Bonchev–Trinajstić information content (AvgIpc) is 2.79. The summed E-state index contributed by atoms with van der Waals surface area (Å²) in [6, 6.07) is 11.9. The average molecular weight is 431 g/mol. The Balaban J connectivity index is 1.36. The first-order chi connectivity index (χ1) is 14.9. The highest BCUT2D eigenvalue weighted by atomic mass is 19.2. The molecule has 0 saturated carbocycles. The molecule has 0 aliphatic carbocycles. The van der Waals surface area contributed by atoms with E-state index in [1.54, 1.807) is 17.0 Å². The number of anilines is 1. The van der Waals surface area contributed by atoms with Crippen LogP contribution in [0.2, 0.25) is 0 Å². The maximum atomic E-state index is 13.2. The number of carbonyl (C=O) groups excluding carboxylic acids is 3. The molecule has 1 fully saturated rings. The number of halogens is 2. The number of benzene rings is 2. The van der Waals surface area contributed by atoms with Crippen molar-refractivity contribution < 1.29 is 27.9 Å². The second-order valence-electron chi connectivity index (χ2n) is 7.22. The van der Waals surface area contributed by atoms with Crippen molar-refractivity contribution in [3.8, 4) is 5.75 Å². The van der Waals surface area contributed by atoms with Crippen LogP contribution in [0.3, 0.4) is 0 Å². The zero-order valence-electron chi connectivity index (χ0n) is 16.8. The molecule has 31 heavy (non-hydrogen) atoms. The molecule has 0 atom stereocenters. The van der Waals surface area contributed by atoms with Gasteiger partial charge in [-0.25, -0.2) is 8.78 Å². The molecule has 3 rings (SSSR count). The summed E-state index contributed by atoms with van der Waals surface area (Å²) in [4.78, 5) is 37.9. The molecule has 0 bridgehead atoms. The predicted octanol–water partition coefficient (Wildman–Crippen LogP) is 2.34. The zero-order valence-corrected chi connectivity index (χ0v) is 16.8. The lowest BCUT2D eigenvalue weighted by atomic mass is 9.96. The molecule has 3 amide bonds. The third kappa shape index (κ3) is 6.50. The van der Waals surface area contributed by atoms with Crippen molar-refractivity contribution in [1.29, 1.82) is 0 Å². The van der Waals surface area contributed by atoms with Gasteiger partial charge < -0.3 is 20.3 Å². The quantitative estimate of drug-likeness (QED) is 0.688. The number of piperidine rings is 1. The third-order valence-corrected chi connectivity index (χ3v) is 5.01. The zero-order chi connectivity index (χ0) is 22.2. The van der Waals surface area contributed by atoms with Crippen LogP contribution in [0.25, 0.3) is 0 Å². The fourth-order valence-electron chi connectivity index (χ4n) is 3.22. The maximum absolute atomic E-state index is 13.2. The maximum Gasteiger partial charge on any atom is 0.313 e. The summed E-state index contributed by atoms with van der Waals surface area (Å²) in [5.74, 6) is -3.32. The normalized spacial score (nSPS) is 14.1. The summed E-state index contributed by atoms with van der Waals surface area (Å²) in [5.41, 5.74) is -0.0106. The van der Waals surface area contributed by atoms with Gasteiger partial charge in [0.25, 0.3) is 5.91 Å². The van der Waals surface area contributed by atoms with Crippen LogP contribution in [-0.2, 0) is 14.4 Å². The van der Waals surface area contributed by atoms with Gasteiger partial charge in [-0.2, -0.15) is 0 Å². The molecule has 1 aliphatic heterocycles. The lowest BCUT2D eigenvalue weighted by Crippen LogP contribution is -2.44. The summed E-state index contributed by atoms with van der Waals surface area (Å²) < 4.78 is 31.6. The van der Waals surface area contributed by atoms with E-state index in [0.29, 0.717) is 31.7 Å². The largest absolute Gasteiger partial charge is 0.484 e. The summed E-state index contributed by atoms with van der Waals surface area (Å²) in [6.07, 6.45) is 1.37. The van der Waals surface area contributed by atoms with Gasteiger partial charge in [0.2, 0.25) is 0 Å². The molecule has 0 spiro atoms. The van der Waals surface area contributed by atoms with Crippen LogP contribution >= 0.6 is 0 Å². The highest BCUT2D eigenvalue weighted by molar-refractivity contribution is 6.39. The molecule has 2 aromatic carbocycles. The monoisotopic (exact) mass is 431 g/mol. The molecule has 0 aromatic heterocycles. The van der Waals surface area contributed by atoms with E-state index >= 15 is 0 Å². The van der Waals surface area contributed by atoms with Crippen molar-refractivity contribution >= 4 is 23.4 Å². The smallest absolute Gasteiger partial charge is 0.313 e. The molecule has 0 unspecified atom stereocenters. The molecule has 2 N–H and O–H groups in total. The van der Waals surface area contributed by atoms with E-state index in [-0.39, 0.29) is 30.7 Å². The Morgan fingerprint density at radius 2 is 1.68 bits per heavy atom. The minimum Gasteiger partial charge on any atom is -0.484 e. The Labute approximate surface area is 178 Å². The highest BCUT2D eigenvalue weighted by Gasteiger charge is 2.24. The van der Waals surface area contributed by atoms with Crippen molar-refractivity contribution in [2.24, 2.45) is 5.92 Å². The summed E-state index contributed by atoms with van der Waals surface area (Å²) in [7, 11) is 0. The van der Waals surface area contributed by atoms with Crippen molar-refractivity contribution in [3.63, 3.8) is 0 Å². The van der Waals surface area contributed by atoms with Crippen LogP contribution in [0.5, 0.6) is 5.75 Å². The van der Waals surface area contributed by atoms with Gasteiger partial charge in [-0.1, -0.05) is 18.2 Å². The Morgan fingerprint density at radius 1 is 0.968 bits per heavy atom. The van der Waals surface area contributed by atoms with Crippen LogP contribution < -0.4 is 15.4 Å². The van der Waals surface area contributed by atoms with Gasteiger partial charge in [-0.15, -0.1) is 0 Å². The minimum absolute atomic E-state index is 0.0106. The van der Waals surface area contributed by atoms with Gasteiger partial charge in [-0.3, -0.25) is 14.4 Å². The molecular weight excluding hydrogens is 408 g/mol. The van der Waals surface area contributed by atoms with E-state index in [2.05, 4.69) is 10.6 Å². The van der Waals surface area contributed by atoms with E-state index in [0.717, 1.165) is 18.2 Å². The predicted molar refractivity (Wildman–Crippen MR) is 109 cm³/mol. The van der Waals surface area contributed by atoms with Crippen LogP contribution in [0.1, 0.15) is 12.8 Å². The first-order valence-electron chi connectivity index (χ1n) is 9.92. The van der Waals surface area contributed by atoms with Crippen molar-refractivity contribution in [2.45, 2.75) is 12.8 Å². The van der Waals surface area contributed by atoms with Gasteiger partial charge in [0.05, 0.1) is 0 Å². The SMILES string of the molecule is O=C(NCC1CCN(C(=O)COc2ccccc2)CC1)C(=O)Nc1ccc(F)c(F)c1. The van der Waals surface area contributed by atoms with Gasteiger partial charge in [0.15, 0.2) is 18.2 Å². The first-order valence-corrected chi connectivity index (χ1v) is 9.92. The number of nitrogens with one attached hydrogen (secondary N) is 2. The number of ether oxygens (including phenoxy) is 1. The number of amides is 3.